The van der Waals surface area contributed by atoms with Gasteiger partial charge in [0.05, 0.1) is 10.6 Å². The summed E-state index contributed by atoms with van der Waals surface area (Å²) in [6, 6.07) is 6.43. The van der Waals surface area contributed by atoms with Crippen LogP contribution >= 0.6 is 11.3 Å². The van der Waals surface area contributed by atoms with Gasteiger partial charge in [-0.15, -0.1) is 11.3 Å². The highest BCUT2D eigenvalue weighted by Gasteiger charge is 2.54. The number of rotatable bonds is 5. The second kappa shape index (κ2) is 6.49. The molecule has 4 aliphatic carbocycles. The van der Waals surface area contributed by atoms with Crippen LogP contribution < -0.4 is 0 Å². The van der Waals surface area contributed by atoms with Crippen LogP contribution in [0.3, 0.4) is 0 Å². The Balaban J connectivity index is 1.26. The Kier molecular flexibility index (Phi) is 4.21. The number of hydrogen-bond donors (Lipinski definition) is 1. The molecule has 4 saturated carbocycles. The van der Waals surface area contributed by atoms with E-state index in [1.807, 2.05) is 5.38 Å². The molecule has 0 amide bonds. The van der Waals surface area contributed by atoms with Gasteiger partial charge >= 0.3 is 0 Å². The summed E-state index contributed by atoms with van der Waals surface area (Å²) in [7, 11) is 0. The van der Waals surface area contributed by atoms with Crippen LogP contribution in [-0.4, -0.2) is 21.5 Å². The van der Waals surface area contributed by atoms with E-state index in [9.17, 15) is 14.3 Å². The third kappa shape index (κ3) is 3.36. The predicted molar refractivity (Wildman–Crippen MR) is 102 cm³/mol. The van der Waals surface area contributed by atoms with Gasteiger partial charge in [0, 0.05) is 18.2 Å². The van der Waals surface area contributed by atoms with Crippen LogP contribution in [0.4, 0.5) is 4.39 Å². The van der Waals surface area contributed by atoms with E-state index in [1.165, 1.54) is 36.3 Å². The third-order valence-electron chi connectivity index (χ3n) is 6.96. The van der Waals surface area contributed by atoms with Gasteiger partial charge in [-0.25, -0.2) is 9.37 Å². The largest absolute Gasteiger partial charge is 0.390 e. The highest BCUT2D eigenvalue weighted by molar-refractivity contribution is 7.09. The van der Waals surface area contributed by atoms with E-state index < -0.39 is 5.60 Å². The van der Waals surface area contributed by atoms with Crippen LogP contribution in [0, 0.1) is 29.5 Å². The van der Waals surface area contributed by atoms with E-state index in [1.54, 1.807) is 12.1 Å². The maximum Gasteiger partial charge on any atom is 0.182 e. The van der Waals surface area contributed by atoms with Crippen LogP contribution in [0.2, 0.25) is 0 Å². The summed E-state index contributed by atoms with van der Waals surface area (Å²) in [6.45, 7) is 0. The van der Waals surface area contributed by atoms with Gasteiger partial charge < -0.3 is 5.11 Å². The van der Waals surface area contributed by atoms with Crippen LogP contribution in [0.15, 0.2) is 29.6 Å². The topological polar surface area (TPSA) is 50.2 Å². The molecule has 4 fully saturated rings. The Morgan fingerprint density at radius 1 is 1.19 bits per heavy atom. The van der Waals surface area contributed by atoms with Crippen molar-refractivity contribution in [2.24, 2.45) is 23.7 Å². The Morgan fingerprint density at radius 3 is 2.56 bits per heavy atom. The van der Waals surface area contributed by atoms with Crippen molar-refractivity contribution in [2.75, 3.05) is 0 Å². The van der Waals surface area contributed by atoms with E-state index in [-0.39, 0.29) is 11.6 Å². The van der Waals surface area contributed by atoms with Gasteiger partial charge in [0.15, 0.2) is 5.78 Å². The zero-order valence-electron chi connectivity index (χ0n) is 15.2. The summed E-state index contributed by atoms with van der Waals surface area (Å²) in [5.74, 6) is 1.98. The van der Waals surface area contributed by atoms with Crippen molar-refractivity contribution < 1.29 is 14.3 Å². The summed E-state index contributed by atoms with van der Waals surface area (Å²) in [4.78, 5) is 17.4. The molecule has 1 aromatic carbocycles. The maximum atomic E-state index is 13.0. The Hall–Kier alpha value is -1.59. The second-order valence-corrected chi connectivity index (χ2v) is 9.86. The number of Topliss-reactive ketones (excluding diaryl/α,β-unsaturated/α-hetero) is 1. The average Bonchev–Trinajstić information content (AvgIpc) is 3.07. The van der Waals surface area contributed by atoms with Crippen LogP contribution in [0.25, 0.3) is 0 Å². The fraction of sp³-hybridized carbons (Fsp3) is 0.545. The van der Waals surface area contributed by atoms with Crippen molar-refractivity contribution in [1.29, 1.82) is 0 Å². The van der Waals surface area contributed by atoms with Crippen molar-refractivity contribution in [2.45, 2.75) is 50.5 Å². The molecule has 1 N–H and O–H groups in total. The number of nitrogens with zero attached hydrogens (tertiary/aromatic N) is 1. The summed E-state index contributed by atoms with van der Waals surface area (Å²) in [5, 5.41) is 13.5. The van der Waals surface area contributed by atoms with Crippen molar-refractivity contribution in [3.63, 3.8) is 0 Å². The molecule has 142 valence electrons. The Morgan fingerprint density at radius 2 is 1.89 bits per heavy atom. The molecular formula is C22H24FNO2S. The highest BCUT2D eigenvalue weighted by atomic mass is 32.1. The minimum atomic E-state index is -0.445. The molecule has 27 heavy (non-hydrogen) atoms. The molecule has 0 aliphatic heterocycles. The predicted octanol–water partition coefficient (Wildman–Crippen LogP) is 4.63. The third-order valence-corrected chi connectivity index (χ3v) is 7.81. The first-order valence-corrected chi connectivity index (χ1v) is 10.8. The van der Waals surface area contributed by atoms with Crippen LogP contribution in [-0.2, 0) is 6.42 Å². The van der Waals surface area contributed by atoms with Gasteiger partial charge in [0.25, 0.3) is 0 Å². The minimum Gasteiger partial charge on any atom is -0.390 e. The quantitative estimate of drug-likeness (QED) is 0.763. The number of carbonyl (C=O) groups is 1. The second-order valence-electron chi connectivity index (χ2n) is 8.92. The maximum absolute atomic E-state index is 13.0. The minimum absolute atomic E-state index is 0.140. The zero-order valence-corrected chi connectivity index (χ0v) is 16.1. The monoisotopic (exact) mass is 385 g/mol. The van der Waals surface area contributed by atoms with E-state index in [4.69, 9.17) is 0 Å². The molecule has 4 aliphatic rings. The number of carbonyl (C=O) groups excluding carboxylic acids is 1. The lowest BCUT2D eigenvalue weighted by Gasteiger charge is -2.58. The normalized spacial score (nSPS) is 34.1. The van der Waals surface area contributed by atoms with Crippen molar-refractivity contribution in [3.05, 3.63) is 51.7 Å². The number of thiazole rings is 1. The number of halogens is 1. The van der Waals surface area contributed by atoms with Crippen LogP contribution in [0.5, 0.6) is 0 Å². The fourth-order valence-corrected chi connectivity index (χ4v) is 6.87. The smallest absolute Gasteiger partial charge is 0.182 e. The van der Waals surface area contributed by atoms with Gasteiger partial charge in [0.2, 0.25) is 0 Å². The van der Waals surface area contributed by atoms with E-state index in [0.29, 0.717) is 42.2 Å². The molecule has 2 atom stereocenters. The van der Waals surface area contributed by atoms with Gasteiger partial charge in [-0.2, -0.15) is 0 Å². The summed E-state index contributed by atoms with van der Waals surface area (Å²) in [5.41, 5.74) is 1.13. The molecule has 6 rings (SSSR count). The van der Waals surface area contributed by atoms with E-state index >= 15 is 0 Å². The van der Waals surface area contributed by atoms with Crippen molar-refractivity contribution in [3.8, 4) is 0 Å². The molecule has 5 heteroatoms. The summed E-state index contributed by atoms with van der Waals surface area (Å²) in [6.07, 6.45) is 6.29. The van der Waals surface area contributed by atoms with Crippen molar-refractivity contribution >= 4 is 17.1 Å². The number of aliphatic hydroxyl groups is 1. The van der Waals surface area contributed by atoms with Gasteiger partial charge in [-0.05, 0) is 73.5 Å². The molecule has 0 saturated heterocycles. The van der Waals surface area contributed by atoms with Gasteiger partial charge in [0.1, 0.15) is 11.5 Å². The first-order valence-electron chi connectivity index (χ1n) is 9.92. The fourth-order valence-electron chi connectivity index (χ4n) is 6.04. The first kappa shape index (κ1) is 17.5. The number of benzene rings is 1. The molecule has 2 aromatic rings. The number of ketones is 1. The SMILES string of the molecule is O=C(CC1C2CC3CC1CC(O)(C3)C2)c1csc(Cc2ccc(F)cc2)n1. The molecule has 0 spiro atoms. The standard InChI is InChI=1S/C22H24FNO2S/c23-17-3-1-13(2-4-17)7-21-24-19(12-27-21)20(25)8-18-15-5-14-6-16(18)11-22(26,9-14)10-15/h1-4,12,14-16,18,26H,5-11H2. The Bertz CT molecular complexity index is 845. The lowest BCUT2D eigenvalue weighted by atomic mass is 9.49. The Labute approximate surface area is 162 Å². The molecule has 4 bridgehead atoms. The molecule has 1 aromatic heterocycles. The van der Waals surface area contributed by atoms with Gasteiger partial charge in [-0.1, -0.05) is 12.1 Å². The van der Waals surface area contributed by atoms with Gasteiger partial charge in [-0.3, -0.25) is 4.79 Å². The molecule has 3 nitrogen and oxygen atoms in total. The summed E-state index contributed by atoms with van der Waals surface area (Å²) < 4.78 is 13.0. The number of aromatic nitrogens is 1. The highest BCUT2D eigenvalue weighted by Crippen LogP contribution is 2.59. The number of hydrogen-bond acceptors (Lipinski definition) is 4. The molecule has 0 radical (unpaired) electrons. The van der Waals surface area contributed by atoms with Crippen molar-refractivity contribution in [1.82, 2.24) is 4.98 Å². The van der Waals surface area contributed by atoms with Crippen LogP contribution in [0.1, 0.15) is 59.6 Å². The lowest BCUT2D eigenvalue weighted by molar-refractivity contribution is -0.151. The first-order chi connectivity index (χ1) is 13.0. The summed E-state index contributed by atoms with van der Waals surface area (Å²) >= 11 is 1.50. The molecule has 1 heterocycles. The van der Waals surface area contributed by atoms with E-state index in [2.05, 4.69) is 4.98 Å². The van der Waals surface area contributed by atoms with E-state index in [0.717, 1.165) is 29.8 Å². The zero-order chi connectivity index (χ0) is 18.6. The lowest BCUT2D eigenvalue weighted by Crippen LogP contribution is -2.54. The average molecular weight is 386 g/mol. The molecule has 2 unspecified atom stereocenters. The molecular weight excluding hydrogens is 361 g/mol.